The molecule has 0 radical (unpaired) electrons. The molecule has 3 aromatic rings. The highest BCUT2D eigenvalue weighted by molar-refractivity contribution is 9.10. The SMILES string of the molecule is Oc1cc2c(Nc3ccc(Br)c(Cl)c3)ncnc2cc1O[C@@H]1COC2CCOC21. The number of aromatic hydroxyl groups is 1. The Morgan fingerprint density at radius 3 is 2.97 bits per heavy atom. The molecule has 2 saturated heterocycles. The molecule has 2 N–H and O–H groups in total. The normalized spacial score (nSPS) is 23.3. The number of fused-ring (bicyclic) bond motifs is 2. The number of halogens is 2. The van der Waals surface area contributed by atoms with Crippen LogP contribution < -0.4 is 10.1 Å². The van der Waals surface area contributed by atoms with E-state index in [4.69, 9.17) is 25.8 Å². The molecular formula is C20H17BrClN3O4. The van der Waals surface area contributed by atoms with Crippen LogP contribution in [0.5, 0.6) is 11.5 Å². The monoisotopic (exact) mass is 477 g/mol. The lowest BCUT2D eigenvalue weighted by Gasteiger charge is -2.19. The summed E-state index contributed by atoms with van der Waals surface area (Å²) >= 11 is 9.54. The first-order chi connectivity index (χ1) is 14.1. The van der Waals surface area contributed by atoms with E-state index < -0.39 is 0 Å². The summed E-state index contributed by atoms with van der Waals surface area (Å²) in [5, 5.41) is 15.0. The zero-order valence-corrected chi connectivity index (χ0v) is 17.5. The van der Waals surface area contributed by atoms with Gasteiger partial charge in [-0.3, -0.25) is 0 Å². The van der Waals surface area contributed by atoms with Gasteiger partial charge in [0.15, 0.2) is 17.6 Å². The van der Waals surface area contributed by atoms with E-state index in [1.54, 1.807) is 18.2 Å². The molecule has 1 aromatic heterocycles. The third kappa shape index (κ3) is 3.61. The minimum absolute atomic E-state index is 0.00522. The Labute approximate surface area is 180 Å². The maximum atomic E-state index is 10.6. The Morgan fingerprint density at radius 2 is 2.10 bits per heavy atom. The van der Waals surface area contributed by atoms with Gasteiger partial charge in [-0.25, -0.2) is 9.97 Å². The molecule has 150 valence electrons. The highest BCUT2D eigenvalue weighted by Crippen LogP contribution is 2.37. The number of hydrogen-bond acceptors (Lipinski definition) is 7. The lowest BCUT2D eigenvalue weighted by Crippen LogP contribution is -2.32. The summed E-state index contributed by atoms with van der Waals surface area (Å²) in [5.74, 6) is 0.905. The van der Waals surface area contributed by atoms with Gasteiger partial charge in [-0.1, -0.05) is 11.6 Å². The van der Waals surface area contributed by atoms with E-state index in [1.807, 2.05) is 12.1 Å². The van der Waals surface area contributed by atoms with Gasteiger partial charge in [0.05, 0.1) is 23.3 Å². The number of rotatable bonds is 4. The highest BCUT2D eigenvalue weighted by Gasteiger charge is 2.43. The Bertz CT molecular complexity index is 1080. The van der Waals surface area contributed by atoms with E-state index in [0.717, 1.165) is 16.6 Å². The van der Waals surface area contributed by atoms with Crippen molar-refractivity contribution >= 4 is 49.9 Å². The second-order valence-electron chi connectivity index (χ2n) is 6.97. The van der Waals surface area contributed by atoms with E-state index in [0.29, 0.717) is 40.7 Å². The van der Waals surface area contributed by atoms with Crippen LogP contribution in [0.15, 0.2) is 41.1 Å². The topological polar surface area (TPSA) is 85.7 Å². The molecule has 0 spiro atoms. The van der Waals surface area contributed by atoms with E-state index in [2.05, 4.69) is 31.2 Å². The minimum atomic E-state index is -0.254. The summed E-state index contributed by atoms with van der Waals surface area (Å²) in [6, 6.07) is 8.80. The predicted molar refractivity (Wildman–Crippen MR) is 112 cm³/mol. The van der Waals surface area contributed by atoms with Crippen LogP contribution in [-0.2, 0) is 9.47 Å². The third-order valence-corrected chi connectivity index (χ3v) is 6.33. The largest absolute Gasteiger partial charge is 0.504 e. The van der Waals surface area contributed by atoms with Gasteiger partial charge in [-0.2, -0.15) is 0 Å². The van der Waals surface area contributed by atoms with Crippen molar-refractivity contribution in [3.8, 4) is 11.5 Å². The van der Waals surface area contributed by atoms with Crippen molar-refractivity contribution < 1.29 is 19.3 Å². The van der Waals surface area contributed by atoms with Gasteiger partial charge in [-0.05, 0) is 46.6 Å². The van der Waals surface area contributed by atoms with E-state index in [9.17, 15) is 5.11 Å². The van der Waals surface area contributed by atoms with Crippen molar-refractivity contribution in [3.63, 3.8) is 0 Å². The van der Waals surface area contributed by atoms with Crippen LogP contribution in [0.25, 0.3) is 10.9 Å². The first-order valence-electron chi connectivity index (χ1n) is 9.18. The molecule has 9 heteroatoms. The molecule has 0 saturated carbocycles. The van der Waals surface area contributed by atoms with Crippen molar-refractivity contribution in [2.45, 2.75) is 24.7 Å². The first kappa shape index (κ1) is 18.9. The Kier molecular flexibility index (Phi) is 4.95. The zero-order valence-electron chi connectivity index (χ0n) is 15.1. The number of phenolic OH excluding ortho intramolecular Hbond substituents is 1. The van der Waals surface area contributed by atoms with Crippen LogP contribution in [-0.4, -0.2) is 46.6 Å². The van der Waals surface area contributed by atoms with Crippen LogP contribution in [0, 0.1) is 0 Å². The number of anilines is 2. The second kappa shape index (κ2) is 7.60. The lowest BCUT2D eigenvalue weighted by atomic mass is 10.1. The van der Waals surface area contributed by atoms with Crippen molar-refractivity contribution in [2.75, 3.05) is 18.5 Å². The molecule has 0 amide bonds. The summed E-state index contributed by atoms with van der Waals surface area (Å²) < 4.78 is 18.2. The molecule has 0 bridgehead atoms. The van der Waals surface area contributed by atoms with Gasteiger partial charge < -0.3 is 24.6 Å². The molecular weight excluding hydrogens is 462 g/mol. The summed E-state index contributed by atoms with van der Waals surface area (Å²) in [6.45, 7) is 1.11. The van der Waals surface area contributed by atoms with Gasteiger partial charge in [0.1, 0.15) is 18.2 Å². The molecule has 0 aliphatic carbocycles. The number of nitrogens with one attached hydrogen (secondary N) is 1. The van der Waals surface area contributed by atoms with Crippen LogP contribution in [0.3, 0.4) is 0 Å². The average Bonchev–Trinajstić information content (AvgIpc) is 3.31. The molecule has 3 heterocycles. The van der Waals surface area contributed by atoms with Gasteiger partial charge in [0, 0.05) is 28.2 Å². The number of benzene rings is 2. The van der Waals surface area contributed by atoms with E-state index in [1.165, 1.54) is 6.33 Å². The smallest absolute Gasteiger partial charge is 0.163 e. The molecule has 2 aliphatic rings. The van der Waals surface area contributed by atoms with Crippen LogP contribution >= 0.6 is 27.5 Å². The summed E-state index contributed by atoms with van der Waals surface area (Å²) in [7, 11) is 0. The standard InChI is InChI=1S/C20H17BrClN3O4/c21-12-2-1-10(5-13(12)22)25-20-11-6-15(26)17(7-14(11)23-9-24-20)29-18-8-28-16-3-4-27-19(16)18/h1-2,5-7,9,16,18-19,26H,3-4,8H2,(H,23,24,25)/t16?,18-,19?/m1/s1. The molecule has 3 atom stereocenters. The number of hydrogen-bond donors (Lipinski definition) is 2. The van der Waals surface area contributed by atoms with Crippen LogP contribution in [0.1, 0.15) is 6.42 Å². The fraction of sp³-hybridized carbons (Fsp3) is 0.300. The maximum Gasteiger partial charge on any atom is 0.163 e. The number of aromatic nitrogens is 2. The third-order valence-electron chi connectivity index (χ3n) is 5.10. The fourth-order valence-corrected chi connectivity index (χ4v) is 4.10. The molecule has 29 heavy (non-hydrogen) atoms. The number of phenols is 1. The molecule has 2 fully saturated rings. The van der Waals surface area contributed by atoms with Crippen LogP contribution in [0.4, 0.5) is 11.5 Å². The van der Waals surface area contributed by atoms with E-state index in [-0.39, 0.29) is 24.1 Å². The van der Waals surface area contributed by atoms with Crippen molar-refractivity contribution in [1.29, 1.82) is 0 Å². The van der Waals surface area contributed by atoms with Crippen molar-refractivity contribution in [1.82, 2.24) is 9.97 Å². The first-order valence-corrected chi connectivity index (χ1v) is 10.4. The van der Waals surface area contributed by atoms with Gasteiger partial charge in [-0.15, -0.1) is 0 Å². The van der Waals surface area contributed by atoms with Crippen LogP contribution in [0.2, 0.25) is 5.02 Å². The molecule has 2 unspecified atom stereocenters. The van der Waals surface area contributed by atoms with Crippen molar-refractivity contribution in [3.05, 3.63) is 46.2 Å². The van der Waals surface area contributed by atoms with Gasteiger partial charge >= 0.3 is 0 Å². The Balaban J connectivity index is 1.44. The van der Waals surface area contributed by atoms with Gasteiger partial charge in [0.2, 0.25) is 0 Å². The Morgan fingerprint density at radius 1 is 1.21 bits per heavy atom. The Hall–Kier alpha value is -2.13. The van der Waals surface area contributed by atoms with E-state index >= 15 is 0 Å². The molecule has 2 aliphatic heterocycles. The van der Waals surface area contributed by atoms with Crippen molar-refractivity contribution in [2.24, 2.45) is 0 Å². The average molecular weight is 479 g/mol. The quantitative estimate of drug-likeness (QED) is 0.574. The summed E-state index contributed by atoms with van der Waals surface area (Å²) in [5.41, 5.74) is 1.41. The molecule has 7 nitrogen and oxygen atoms in total. The second-order valence-corrected chi connectivity index (χ2v) is 8.23. The summed E-state index contributed by atoms with van der Waals surface area (Å²) in [4.78, 5) is 8.62. The zero-order chi connectivity index (χ0) is 20.0. The highest BCUT2D eigenvalue weighted by atomic mass is 79.9. The lowest BCUT2D eigenvalue weighted by molar-refractivity contribution is 0.0299. The predicted octanol–water partition coefficient (Wildman–Crippen LogP) is 4.43. The number of ether oxygens (including phenoxy) is 3. The minimum Gasteiger partial charge on any atom is -0.504 e. The molecule has 5 rings (SSSR count). The number of nitrogens with zero attached hydrogens (tertiary/aromatic N) is 2. The van der Waals surface area contributed by atoms with Gasteiger partial charge in [0.25, 0.3) is 0 Å². The fourth-order valence-electron chi connectivity index (χ4n) is 3.67. The molecule has 2 aromatic carbocycles. The maximum absolute atomic E-state index is 10.6. The summed E-state index contributed by atoms with van der Waals surface area (Å²) in [6.07, 6.45) is 2.04.